The highest BCUT2D eigenvalue weighted by atomic mass is 32.1. The maximum absolute atomic E-state index is 12.7. The molecule has 0 aliphatic carbocycles. The summed E-state index contributed by atoms with van der Waals surface area (Å²) in [6, 6.07) is 8.89. The summed E-state index contributed by atoms with van der Waals surface area (Å²) >= 11 is 1.54. The summed E-state index contributed by atoms with van der Waals surface area (Å²) in [5, 5.41) is 7.26. The minimum atomic E-state index is -0.288. The molecular formula is C23H23N5O2S. The van der Waals surface area contributed by atoms with Gasteiger partial charge in [-0.15, -0.1) is 11.3 Å². The van der Waals surface area contributed by atoms with Gasteiger partial charge in [0, 0.05) is 34.2 Å². The lowest BCUT2D eigenvalue weighted by atomic mass is 9.97. The summed E-state index contributed by atoms with van der Waals surface area (Å²) in [5.41, 5.74) is 4.82. The molecule has 1 amide bonds. The van der Waals surface area contributed by atoms with Gasteiger partial charge in [0.15, 0.2) is 5.76 Å². The lowest BCUT2D eigenvalue weighted by molar-refractivity contribution is 0.0997. The number of thiophene rings is 1. The Balaban J connectivity index is 1.78. The lowest BCUT2D eigenvalue weighted by Gasteiger charge is -2.22. The summed E-state index contributed by atoms with van der Waals surface area (Å²) in [5.74, 6) is 0.509. The van der Waals surface area contributed by atoms with Crippen LogP contribution in [0.4, 0.5) is 10.9 Å². The van der Waals surface area contributed by atoms with Crippen LogP contribution in [0.15, 0.2) is 53.4 Å². The van der Waals surface area contributed by atoms with E-state index in [2.05, 4.69) is 32.5 Å². The van der Waals surface area contributed by atoms with E-state index in [4.69, 9.17) is 4.42 Å². The Labute approximate surface area is 184 Å². The monoisotopic (exact) mass is 433 g/mol. The van der Waals surface area contributed by atoms with Crippen LogP contribution in [0.3, 0.4) is 0 Å². The van der Waals surface area contributed by atoms with Crippen LogP contribution in [0.1, 0.15) is 49.6 Å². The van der Waals surface area contributed by atoms with Gasteiger partial charge in [-0.25, -0.2) is 9.97 Å². The lowest BCUT2D eigenvalue weighted by Crippen LogP contribution is -2.18. The molecule has 31 heavy (non-hydrogen) atoms. The largest absolute Gasteiger partial charge is 0.459 e. The van der Waals surface area contributed by atoms with Gasteiger partial charge >= 0.3 is 0 Å². The number of nitrogens with one attached hydrogen (secondary N) is 2. The van der Waals surface area contributed by atoms with Crippen molar-refractivity contribution >= 4 is 28.2 Å². The highest BCUT2D eigenvalue weighted by Gasteiger charge is 2.26. The van der Waals surface area contributed by atoms with Crippen molar-refractivity contribution in [1.82, 2.24) is 15.0 Å². The van der Waals surface area contributed by atoms with Crippen LogP contribution in [-0.2, 0) is 0 Å². The fourth-order valence-electron chi connectivity index (χ4n) is 3.46. The number of rotatable bonds is 6. The van der Waals surface area contributed by atoms with Gasteiger partial charge in [-0.2, -0.15) is 0 Å². The van der Waals surface area contributed by atoms with Crippen LogP contribution in [0.2, 0.25) is 0 Å². The quantitative estimate of drug-likeness (QED) is 0.433. The van der Waals surface area contributed by atoms with Crippen molar-refractivity contribution in [3.05, 3.63) is 87.7 Å². The average molecular weight is 434 g/mol. The zero-order valence-electron chi connectivity index (χ0n) is 17.8. The normalized spacial score (nSPS) is 11.9. The highest BCUT2D eigenvalue weighted by molar-refractivity contribution is 7.16. The van der Waals surface area contributed by atoms with E-state index < -0.39 is 0 Å². The van der Waals surface area contributed by atoms with E-state index in [1.54, 1.807) is 24.5 Å². The highest BCUT2D eigenvalue weighted by Crippen LogP contribution is 2.40. The Morgan fingerprint density at radius 1 is 1.06 bits per heavy atom. The fourth-order valence-corrected chi connectivity index (χ4v) is 4.55. The molecule has 7 nitrogen and oxygen atoms in total. The molecule has 0 saturated heterocycles. The molecule has 4 aromatic heterocycles. The van der Waals surface area contributed by atoms with Gasteiger partial charge in [-0.1, -0.05) is 0 Å². The van der Waals surface area contributed by atoms with Crippen molar-refractivity contribution in [1.29, 1.82) is 0 Å². The first-order valence-corrected chi connectivity index (χ1v) is 10.7. The third-order valence-corrected chi connectivity index (χ3v) is 6.13. The molecule has 0 spiro atoms. The van der Waals surface area contributed by atoms with Gasteiger partial charge in [0.25, 0.3) is 5.91 Å². The molecule has 0 saturated carbocycles. The zero-order valence-corrected chi connectivity index (χ0v) is 18.6. The number of amides is 1. The Hall–Kier alpha value is -3.52. The van der Waals surface area contributed by atoms with Crippen LogP contribution in [-0.4, -0.2) is 20.9 Å². The molecule has 0 aromatic carbocycles. The van der Waals surface area contributed by atoms with Gasteiger partial charge in [-0.3, -0.25) is 9.78 Å². The van der Waals surface area contributed by atoms with Crippen molar-refractivity contribution in [3.8, 4) is 0 Å². The molecule has 4 aromatic rings. The maximum Gasteiger partial charge on any atom is 0.291 e. The SMILES string of the molecule is Cc1cc(C)nc(NC(c2ccncc2)c2c(NC(=O)c3ccco3)sc(C)c2C)n1. The van der Waals surface area contributed by atoms with Crippen molar-refractivity contribution in [2.45, 2.75) is 33.7 Å². The van der Waals surface area contributed by atoms with Gasteiger partial charge in [0.2, 0.25) is 5.95 Å². The topological polar surface area (TPSA) is 92.9 Å². The van der Waals surface area contributed by atoms with Gasteiger partial charge in [-0.05, 0) is 69.2 Å². The molecule has 0 aliphatic rings. The number of carbonyl (C=O) groups excluding carboxylic acids is 1. The van der Waals surface area contributed by atoms with E-state index in [1.807, 2.05) is 39.0 Å². The molecule has 158 valence electrons. The Bertz CT molecular complexity index is 1180. The number of anilines is 2. The van der Waals surface area contributed by atoms with Crippen LogP contribution in [0, 0.1) is 27.7 Å². The minimum Gasteiger partial charge on any atom is -0.459 e. The molecule has 4 rings (SSSR count). The van der Waals surface area contributed by atoms with Crippen molar-refractivity contribution in [2.75, 3.05) is 10.6 Å². The smallest absolute Gasteiger partial charge is 0.291 e. The molecule has 8 heteroatoms. The predicted octanol–water partition coefficient (Wildman–Crippen LogP) is 5.21. The van der Waals surface area contributed by atoms with E-state index in [0.717, 1.165) is 38.0 Å². The van der Waals surface area contributed by atoms with Crippen LogP contribution >= 0.6 is 11.3 Å². The second kappa shape index (κ2) is 8.69. The maximum atomic E-state index is 12.7. The molecule has 4 heterocycles. The third kappa shape index (κ3) is 4.49. The number of aryl methyl sites for hydroxylation is 3. The molecule has 0 aliphatic heterocycles. The van der Waals surface area contributed by atoms with E-state index in [9.17, 15) is 4.79 Å². The van der Waals surface area contributed by atoms with Crippen LogP contribution in [0.5, 0.6) is 0 Å². The number of hydrogen-bond donors (Lipinski definition) is 2. The first-order valence-electron chi connectivity index (χ1n) is 9.86. The van der Waals surface area contributed by atoms with Gasteiger partial charge < -0.3 is 15.1 Å². The summed E-state index contributed by atoms with van der Waals surface area (Å²) in [4.78, 5) is 27.1. The standard InChI is InChI=1S/C23H23N5O2S/c1-13-12-14(2)26-23(25-13)27-20(17-7-9-24-10-8-17)19-15(3)16(4)31-22(19)28-21(29)18-6-5-11-30-18/h5-12,20H,1-4H3,(H,28,29)(H,25,26,27). The number of aromatic nitrogens is 3. The first-order chi connectivity index (χ1) is 14.9. The second-order valence-corrected chi connectivity index (χ2v) is 8.51. The third-order valence-electron chi connectivity index (χ3n) is 4.99. The summed E-state index contributed by atoms with van der Waals surface area (Å²) in [7, 11) is 0. The van der Waals surface area contributed by atoms with Crippen LogP contribution < -0.4 is 10.6 Å². The van der Waals surface area contributed by atoms with E-state index in [-0.39, 0.29) is 17.7 Å². The zero-order chi connectivity index (χ0) is 22.0. The summed E-state index contributed by atoms with van der Waals surface area (Å²) in [6.45, 7) is 7.98. The molecule has 0 bridgehead atoms. The molecule has 2 N–H and O–H groups in total. The number of hydrogen-bond acceptors (Lipinski definition) is 7. The second-order valence-electron chi connectivity index (χ2n) is 7.29. The summed E-state index contributed by atoms with van der Waals surface area (Å²) < 4.78 is 5.26. The molecule has 0 fully saturated rings. The molecule has 0 radical (unpaired) electrons. The number of nitrogens with zero attached hydrogens (tertiary/aromatic N) is 3. The Morgan fingerprint density at radius 3 is 2.42 bits per heavy atom. The van der Waals surface area contributed by atoms with Crippen LogP contribution in [0.25, 0.3) is 0 Å². The van der Waals surface area contributed by atoms with E-state index in [1.165, 1.54) is 17.6 Å². The Morgan fingerprint density at radius 2 is 1.77 bits per heavy atom. The Kier molecular flexibility index (Phi) is 5.81. The number of carbonyl (C=O) groups is 1. The van der Waals surface area contributed by atoms with Gasteiger partial charge in [0.05, 0.1) is 12.3 Å². The van der Waals surface area contributed by atoms with E-state index in [0.29, 0.717) is 5.95 Å². The predicted molar refractivity (Wildman–Crippen MR) is 122 cm³/mol. The average Bonchev–Trinajstić information content (AvgIpc) is 3.36. The molecular weight excluding hydrogens is 410 g/mol. The minimum absolute atomic E-state index is 0.265. The van der Waals surface area contributed by atoms with E-state index >= 15 is 0 Å². The molecule has 1 atom stereocenters. The van der Waals surface area contributed by atoms with Gasteiger partial charge in [0.1, 0.15) is 5.00 Å². The fraction of sp³-hybridized carbons (Fsp3) is 0.217. The van der Waals surface area contributed by atoms with Crippen molar-refractivity contribution < 1.29 is 9.21 Å². The first kappa shape index (κ1) is 20.7. The van der Waals surface area contributed by atoms with Crippen molar-refractivity contribution in [2.24, 2.45) is 0 Å². The van der Waals surface area contributed by atoms with Crippen molar-refractivity contribution in [3.63, 3.8) is 0 Å². The number of pyridine rings is 1. The summed E-state index contributed by atoms with van der Waals surface area (Å²) in [6.07, 6.45) is 4.99. The molecule has 1 unspecified atom stereocenters. The number of furan rings is 1.